The fraction of sp³-hybridized carbons (Fsp3) is 0.111. The minimum atomic E-state index is -0.472. The van der Waals surface area contributed by atoms with Crippen LogP contribution >= 0.6 is 15.9 Å². The summed E-state index contributed by atoms with van der Waals surface area (Å²) in [7, 11) is 1.65. The molecule has 17 heavy (non-hydrogen) atoms. The predicted octanol–water partition coefficient (Wildman–Crippen LogP) is 1.73. The molecule has 0 saturated heterocycles. The SMILES string of the molecule is Cn1nc(-c2cc(Br)cc([N+](=O)[O-])c2)nc1N. The largest absolute Gasteiger partial charge is 0.368 e. The molecule has 0 radical (unpaired) electrons. The second-order valence-corrected chi connectivity index (χ2v) is 4.29. The zero-order valence-electron chi connectivity index (χ0n) is 8.79. The Bertz CT molecular complexity index is 576. The Kier molecular flexibility index (Phi) is 2.80. The molecule has 2 N–H and O–H groups in total. The van der Waals surface area contributed by atoms with Crippen LogP contribution in [0.15, 0.2) is 22.7 Å². The summed E-state index contributed by atoms with van der Waals surface area (Å²) in [5.41, 5.74) is 6.07. The van der Waals surface area contributed by atoms with E-state index >= 15 is 0 Å². The lowest BCUT2D eigenvalue weighted by atomic mass is 10.2. The van der Waals surface area contributed by atoms with Gasteiger partial charge in [0.05, 0.1) is 4.92 Å². The minimum absolute atomic E-state index is 0.0274. The van der Waals surface area contributed by atoms with Gasteiger partial charge in [-0.05, 0) is 6.07 Å². The van der Waals surface area contributed by atoms with Gasteiger partial charge in [0.15, 0.2) is 5.82 Å². The number of nitrogen functional groups attached to an aromatic ring is 1. The van der Waals surface area contributed by atoms with E-state index in [1.807, 2.05) is 0 Å². The molecule has 88 valence electrons. The van der Waals surface area contributed by atoms with Crippen molar-refractivity contribution in [1.82, 2.24) is 14.8 Å². The number of aryl methyl sites for hydroxylation is 1. The van der Waals surface area contributed by atoms with Crippen LogP contribution in [0.2, 0.25) is 0 Å². The van der Waals surface area contributed by atoms with Crippen molar-refractivity contribution in [1.29, 1.82) is 0 Å². The van der Waals surface area contributed by atoms with Crippen LogP contribution in [-0.4, -0.2) is 19.7 Å². The zero-order chi connectivity index (χ0) is 12.6. The number of nitro groups is 1. The molecule has 0 fully saturated rings. The summed E-state index contributed by atoms with van der Waals surface area (Å²) in [5.74, 6) is 0.608. The first-order valence-electron chi connectivity index (χ1n) is 4.59. The average Bonchev–Trinajstić information content (AvgIpc) is 2.58. The summed E-state index contributed by atoms with van der Waals surface area (Å²) < 4.78 is 2.00. The number of hydrogen-bond donors (Lipinski definition) is 1. The summed E-state index contributed by atoms with van der Waals surface area (Å²) in [4.78, 5) is 14.3. The van der Waals surface area contributed by atoms with Crippen molar-refractivity contribution in [3.63, 3.8) is 0 Å². The van der Waals surface area contributed by atoms with E-state index in [-0.39, 0.29) is 11.6 Å². The number of halogens is 1. The van der Waals surface area contributed by atoms with Crippen molar-refractivity contribution in [3.8, 4) is 11.4 Å². The number of hydrogen-bond acceptors (Lipinski definition) is 5. The molecule has 7 nitrogen and oxygen atoms in total. The van der Waals surface area contributed by atoms with Gasteiger partial charge in [-0.3, -0.25) is 10.1 Å². The number of nitrogens with two attached hydrogens (primary N) is 1. The smallest absolute Gasteiger partial charge is 0.271 e. The van der Waals surface area contributed by atoms with Crippen LogP contribution in [0.5, 0.6) is 0 Å². The number of aromatic nitrogens is 3. The van der Waals surface area contributed by atoms with Gasteiger partial charge in [0.1, 0.15) is 0 Å². The number of benzene rings is 1. The summed E-state index contributed by atoms with van der Waals surface area (Å²) in [6, 6.07) is 4.51. The highest BCUT2D eigenvalue weighted by molar-refractivity contribution is 9.10. The first-order chi connectivity index (χ1) is 7.97. The minimum Gasteiger partial charge on any atom is -0.368 e. The van der Waals surface area contributed by atoms with Gasteiger partial charge in [-0.15, -0.1) is 5.10 Å². The van der Waals surface area contributed by atoms with E-state index in [1.54, 1.807) is 13.1 Å². The number of non-ortho nitro benzene ring substituents is 1. The van der Waals surface area contributed by atoms with E-state index in [0.29, 0.717) is 15.9 Å². The van der Waals surface area contributed by atoms with Crippen molar-refractivity contribution in [3.05, 3.63) is 32.8 Å². The van der Waals surface area contributed by atoms with Crippen molar-refractivity contribution in [2.24, 2.45) is 7.05 Å². The molecule has 0 aliphatic carbocycles. The summed E-state index contributed by atoms with van der Waals surface area (Å²) in [6.07, 6.45) is 0. The highest BCUT2D eigenvalue weighted by Gasteiger charge is 2.13. The Hall–Kier alpha value is -1.96. The van der Waals surface area contributed by atoms with Crippen LogP contribution in [0.25, 0.3) is 11.4 Å². The molecule has 0 unspecified atom stereocenters. The molecule has 1 aromatic carbocycles. The van der Waals surface area contributed by atoms with Crippen LogP contribution in [0.3, 0.4) is 0 Å². The maximum atomic E-state index is 10.7. The van der Waals surface area contributed by atoms with Crippen LogP contribution in [0.1, 0.15) is 0 Å². The van der Waals surface area contributed by atoms with Crippen LogP contribution < -0.4 is 5.73 Å². The van der Waals surface area contributed by atoms with Gasteiger partial charge < -0.3 is 5.73 Å². The molecule has 0 saturated carbocycles. The van der Waals surface area contributed by atoms with Gasteiger partial charge in [-0.25, -0.2) is 4.68 Å². The second-order valence-electron chi connectivity index (χ2n) is 3.37. The van der Waals surface area contributed by atoms with Crippen molar-refractivity contribution in [2.75, 3.05) is 5.73 Å². The van der Waals surface area contributed by atoms with Crippen molar-refractivity contribution < 1.29 is 4.92 Å². The van der Waals surface area contributed by atoms with Crippen molar-refractivity contribution >= 4 is 27.6 Å². The van der Waals surface area contributed by atoms with Gasteiger partial charge in [0, 0.05) is 29.2 Å². The van der Waals surface area contributed by atoms with E-state index < -0.39 is 4.92 Å². The normalized spacial score (nSPS) is 10.5. The summed E-state index contributed by atoms with van der Waals surface area (Å²) >= 11 is 3.21. The molecular formula is C9H8BrN5O2. The van der Waals surface area contributed by atoms with Crippen LogP contribution in [-0.2, 0) is 7.05 Å². The zero-order valence-corrected chi connectivity index (χ0v) is 10.4. The highest BCUT2D eigenvalue weighted by atomic mass is 79.9. The van der Waals surface area contributed by atoms with Crippen LogP contribution in [0.4, 0.5) is 11.6 Å². The Labute approximate surface area is 105 Å². The van der Waals surface area contributed by atoms with E-state index in [1.165, 1.54) is 16.8 Å². The number of nitrogens with zero attached hydrogens (tertiary/aromatic N) is 4. The Balaban J connectivity index is 2.55. The van der Waals surface area contributed by atoms with Gasteiger partial charge in [0.25, 0.3) is 5.69 Å². The number of rotatable bonds is 2. The molecule has 1 heterocycles. The topological polar surface area (TPSA) is 99.9 Å². The molecule has 2 aromatic rings. The Morgan fingerprint density at radius 3 is 2.71 bits per heavy atom. The van der Waals surface area contributed by atoms with Crippen LogP contribution in [0, 0.1) is 10.1 Å². The summed E-state index contributed by atoms with van der Waals surface area (Å²) in [6.45, 7) is 0. The molecule has 0 aliphatic rings. The third-order valence-corrected chi connectivity index (χ3v) is 2.61. The first kappa shape index (κ1) is 11.5. The summed E-state index contributed by atoms with van der Waals surface area (Å²) in [5, 5.41) is 14.8. The molecule has 0 bridgehead atoms. The molecule has 8 heteroatoms. The molecule has 2 rings (SSSR count). The molecule has 0 aliphatic heterocycles. The molecule has 0 amide bonds. The first-order valence-corrected chi connectivity index (χ1v) is 5.38. The molecular weight excluding hydrogens is 290 g/mol. The lowest BCUT2D eigenvalue weighted by Gasteiger charge is -1.97. The van der Waals surface area contributed by atoms with E-state index in [4.69, 9.17) is 5.73 Å². The Morgan fingerprint density at radius 1 is 1.47 bits per heavy atom. The fourth-order valence-electron chi connectivity index (χ4n) is 1.33. The van der Waals surface area contributed by atoms with Gasteiger partial charge in [-0.1, -0.05) is 15.9 Å². The number of anilines is 1. The van der Waals surface area contributed by atoms with Gasteiger partial charge in [-0.2, -0.15) is 4.98 Å². The lowest BCUT2D eigenvalue weighted by molar-refractivity contribution is -0.384. The van der Waals surface area contributed by atoms with E-state index in [9.17, 15) is 10.1 Å². The lowest BCUT2D eigenvalue weighted by Crippen LogP contribution is -1.97. The molecule has 0 atom stereocenters. The third kappa shape index (κ3) is 2.26. The van der Waals surface area contributed by atoms with E-state index in [2.05, 4.69) is 26.0 Å². The molecule has 1 aromatic heterocycles. The monoisotopic (exact) mass is 297 g/mol. The molecule has 0 spiro atoms. The Morgan fingerprint density at radius 2 is 2.18 bits per heavy atom. The second kappa shape index (κ2) is 4.13. The maximum absolute atomic E-state index is 10.7. The van der Waals surface area contributed by atoms with Crippen molar-refractivity contribution in [2.45, 2.75) is 0 Å². The average molecular weight is 298 g/mol. The number of nitro benzene ring substituents is 1. The maximum Gasteiger partial charge on any atom is 0.271 e. The van der Waals surface area contributed by atoms with Gasteiger partial charge >= 0.3 is 0 Å². The quantitative estimate of drug-likeness (QED) is 0.672. The predicted molar refractivity (Wildman–Crippen MR) is 65.2 cm³/mol. The van der Waals surface area contributed by atoms with E-state index in [0.717, 1.165) is 0 Å². The highest BCUT2D eigenvalue weighted by Crippen LogP contribution is 2.27. The third-order valence-electron chi connectivity index (χ3n) is 2.15. The van der Waals surface area contributed by atoms with Gasteiger partial charge in [0.2, 0.25) is 5.95 Å². The standard InChI is InChI=1S/C9H8BrN5O2/c1-14-9(11)12-8(13-14)5-2-6(10)4-7(3-5)15(16)17/h2-4H,1H3,(H2,11,12,13). The fourth-order valence-corrected chi connectivity index (χ4v) is 1.81.